The highest BCUT2D eigenvalue weighted by molar-refractivity contribution is 5.68. The summed E-state index contributed by atoms with van der Waals surface area (Å²) in [6, 6.07) is 14.4. The summed E-state index contributed by atoms with van der Waals surface area (Å²) in [5.41, 5.74) is 5.62. The van der Waals surface area contributed by atoms with E-state index in [1.165, 1.54) is 11.1 Å². The molecular weight excluding hydrogens is 402 g/mol. The van der Waals surface area contributed by atoms with Crippen molar-refractivity contribution in [1.82, 2.24) is 4.98 Å². The van der Waals surface area contributed by atoms with Crippen LogP contribution in [0.1, 0.15) is 67.7 Å². The first-order valence-electron chi connectivity index (χ1n) is 11.3. The molecular formula is C27H31NO4. The second-order valence-electron chi connectivity index (χ2n) is 9.64. The number of carboxylic acid groups (broad SMARTS) is 1. The molecule has 4 rings (SSSR count). The molecule has 0 spiro atoms. The number of aryl methyl sites for hydroxylation is 2. The molecule has 0 fully saturated rings. The number of oxazole rings is 1. The number of nitrogens with zero attached hydrogens (tertiary/aromatic N) is 1. The molecule has 5 nitrogen and oxygen atoms in total. The smallest absolute Gasteiger partial charge is 0.303 e. The van der Waals surface area contributed by atoms with Gasteiger partial charge in [0.15, 0.2) is 0 Å². The molecule has 1 atom stereocenters. The third-order valence-electron chi connectivity index (χ3n) is 6.24. The summed E-state index contributed by atoms with van der Waals surface area (Å²) in [5, 5.41) is 9.08. The summed E-state index contributed by atoms with van der Waals surface area (Å²) in [6.45, 7) is 9.04. The van der Waals surface area contributed by atoms with Gasteiger partial charge in [0, 0.05) is 12.0 Å². The molecule has 0 saturated heterocycles. The molecule has 1 heterocycles. The second kappa shape index (κ2) is 8.81. The third kappa shape index (κ3) is 4.87. The van der Waals surface area contributed by atoms with Crippen LogP contribution in [0.2, 0.25) is 0 Å². The Bertz CT molecular complexity index is 1110. The number of hydrogen-bond acceptors (Lipinski definition) is 4. The highest BCUT2D eigenvalue weighted by atomic mass is 16.5. The summed E-state index contributed by atoms with van der Waals surface area (Å²) in [6.07, 6.45) is 2.65. The summed E-state index contributed by atoms with van der Waals surface area (Å²) in [5.74, 6) is 1.65. The molecule has 1 aliphatic rings. The molecule has 0 radical (unpaired) electrons. The maximum absolute atomic E-state index is 11.0. The number of ether oxygens (including phenoxy) is 1. The van der Waals surface area contributed by atoms with Crippen molar-refractivity contribution in [3.05, 3.63) is 70.6 Å². The van der Waals surface area contributed by atoms with E-state index in [1.807, 2.05) is 19.1 Å². The van der Waals surface area contributed by atoms with Gasteiger partial charge < -0.3 is 14.3 Å². The highest BCUT2D eigenvalue weighted by Gasteiger charge is 2.25. The van der Waals surface area contributed by atoms with Crippen LogP contribution < -0.4 is 4.74 Å². The van der Waals surface area contributed by atoms with Crippen LogP contribution in [0.4, 0.5) is 0 Å². The standard InChI is InChI=1S/C27H31NO4/c1-17-24(28-26(32-17)18-7-9-21(10-8-18)27(2,3)4)13-14-31-22-11-12-23-19(15-22)5-6-20(23)16-25(29)30/h7-12,15,20H,5-6,13-14,16H2,1-4H3,(H,29,30)/t20-/m1/s1. The fraction of sp³-hybridized carbons (Fsp3) is 0.407. The van der Waals surface area contributed by atoms with Crippen LogP contribution in [0, 0.1) is 6.92 Å². The van der Waals surface area contributed by atoms with Gasteiger partial charge in [-0.2, -0.15) is 0 Å². The average molecular weight is 434 g/mol. The van der Waals surface area contributed by atoms with E-state index in [0.29, 0.717) is 18.9 Å². The van der Waals surface area contributed by atoms with E-state index in [0.717, 1.165) is 41.2 Å². The van der Waals surface area contributed by atoms with E-state index in [1.54, 1.807) is 0 Å². The minimum atomic E-state index is -0.740. The summed E-state index contributed by atoms with van der Waals surface area (Å²) < 4.78 is 11.9. The van der Waals surface area contributed by atoms with Gasteiger partial charge >= 0.3 is 5.97 Å². The van der Waals surface area contributed by atoms with E-state index in [-0.39, 0.29) is 17.8 Å². The third-order valence-corrected chi connectivity index (χ3v) is 6.24. The first kappa shape index (κ1) is 22.1. The quantitative estimate of drug-likeness (QED) is 0.489. The average Bonchev–Trinajstić information content (AvgIpc) is 3.30. The molecule has 2 aromatic carbocycles. The van der Waals surface area contributed by atoms with Crippen molar-refractivity contribution in [2.24, 2.45) is 0 Å². The first-order valence-corrected chi connectivity index (χ1v) is 11.3. The van der Waals surface area contributed by atoms with Crippen molar-refractivity contribution >= 4 is 5.97 Å². The number of carboxylic acids is 1. The summed E-state index contributed by atoms with van der Waals surface area (Å²) >= 11 is 0. The van der Waals surface area contributed by atoms with Gasteiger partial charge in [0.05, 0.1) is 18.7 Å². The Morgan fingerprint density at radius 1 is 1.19 bits per heavy atom. The molecule has 1 aromatic heterocycles. The van der Waals surface area contributed by atoms with E-state index < -0.39 is 5.97 Å². The summed E-state index contributed by atoms with van der Waals surface area (Å²) in [4.78, 5) is 15.7. The SMILES string of the molecule is Cc1oc(-c2ccc(C(C)(C)C)cc2)nc1CCOc1ccc2c(c1)CC[C@@H]2CC(=O)O. The molecule has 0 unspecified atom stereocenters. The number of aliphatic carboxylic acids is 1. The lowest BCUT2D eigenvalue weighted by atomic mass is 9.87. The van der Waals surface area contributed by atoms with Gasteiger partial charge in [-0.25, -0.2) is 4.98 Å². The lowest BCUT2D eigenvalue weighted by Crippen LogP contribution is -2.10. The Morgan fingerprint density at radius 3 is 2.62 bits per heavy atom. The van der Waals surface area contributed by atoms with E-state index >= 15 is 0 Å². The Kier molecular flexibility index (Phi) is 6.09. The van der Waals surface area contributed by atoms with Crippen LogP contribution in [0.15, 0.2) is 46.9 Å². The molecule has 168 valence electrons. The minimum Gasteiger partial charge on any atom is -0.493 e. The number of rotatable bonds is 7. The number of carbonyl (C=O) groups is 1. The van der Waals surface area contributed by atoms with Crippen LogP contribution in [0.25, 0.3) is 11.5 Å². The first-order chi connectivity index (χ1) is 15.2. The Balaban J connectivity index is 1.37. The van der Waals surface area contributed by atoms with Crippen molar-refractivity contribution in [3.63, 3.8) is 0 Å². The van der Waals surface area contributed by atoms with Crippen LogP contribution in [0.3, 0.4) is 0 Å². The van der Waals surface area contributed by atoms with Crippen LogP contribution in [0.5, 0.6) is 5.75 Å². The molecule has 5 heteroatoms. The van der Waals surface area contributed by atoms with Crippen LogP contribution >= 0.6 is 0 Å². The zero-order valence-electron chi connectivity index (χ0n) is 19.3. The maximum atomic E-state index is 11.0. The van der Waals surface area contributed by atoms with E-state index in [4.69, 9.17) is 19.2 Å². The number of fused-ring (bicyclic) bond motifs is 1. The predicted octanol–water partition coefficient (Wildman–Crippen LogP) is 6.07. The largest absolute Gasteiger partial charge is 0.493 e. The molecule has 32 heavy (non-hydrogen) atoms. The number of benzene rings is 2. The van der Waals surface area contributed by atoms with Crippen molar-refractivity contribution in [3.8, 4) is 17.2 Å². The summed E-state index contributed by atoms with van der Waals surface area (Å²) in [7, 11) is 0. The molecule has 1 aliphatic carbocycles. The Morgan fingerprint density at radius 2 is 1.94 bits per heavy atom. The Hall–Kier alpha value is -3.08. The lowest BCUT2D eigenvalue weighted by Gasteiger charge is -2.18. The lowest BCUT2D eigenvalue weighted by molar-refractivity contribution is -0.137. The normalized spacial score (nSPS) is 15.6. The van der Waals surface area contributed by atoms with Crippen LogP contribution in [-0.2, 0) is 23.1 Å². The van der Waals surface area contributed by atoms with Gasteiger partial charge in [-0.1, -0.05) is 39.0 Å². The van der Waals surface area contributed by atoms with Crippen LogP contribution in [-0.4, -0.2) is 22.7 Å². The Labute approximate surface area is 189 Å². The van der Waals surface area contributed by atoms with Gasteiger partial charge in [0.1, 0.15) is 11.5 Å². The molecule has 0 bridgehead atoms. The highest BCUT2D eigenvalue weighted by Crippen LogP contribution is 2.37. The van der Waals surface area contributed by atoms with Gasteiger partial charge in [-0.15, -0.1) is 0 Å². The predicted molar refractivity (Wildman–Crippen MR) is 124 cm³/mol. The monoisotopic (exact) mass is 433 g/mol. The molecule has 3 aromatic rings. The fourth-order valence-corrected chi connectivity index (χ4v) is 4.36. The van der Waals surface area contributed by atoms with Gasteiger partial charge in [0.2, 0.25) is 5.89 Å². The van der Waals surface area contributed by atoms with Crippen molar-refractivity contribution in [1.29, 1.82) is 0 Å². The van der Waals surface area contributed by atoms with Crippen molar-refractivity contribution in [2.75, 3.05) is 6.61 Å². The molecule has 0 aliphatic heterocycles. The van der Waals surface area contributed by atoms with E-state index in [2.05, 4.69) is 51.1 Å². The number of hydrogen-bond donors (Lipinski definition) is 1. The van der Waals surface area contributed by atoms with E-state index in [9.17, 15) is 4.79 Å². The minimum absolute atomic E-state index is 0.113. The van der Waals surface area contributed by atoms with Gasteiger partial charge in [-0.3, -0.25) is 4.79 Å². The molecule has 0 saturated carbocycles. The zero-order chi connectivity index (χ0) is 22.9. The molecule has 0 amide bonds. The number of aromatic nitrogens is 1. The second-order valence-corrected chi connectivity index (χ2v) is 9.64. The van der Waals surface area contributed by atoms with Crippen molar-refractivity contribution < 1.29 is 19.1 Å². The topological polar surface area (TPSA) is 72.6 Å². The maximum Gasteiger partial charge on any atom is 0.303 e. The van der Waals surface area contributed by atoms with Gasteiger partial charge in [-0.05, 0) is 72.1 Å². The molecule has 1 N–H and O–H groups in total. The fourth-order valence-electron chi connectivity index (χ4n) is 4.36. The van der Waals surface area contributed by atoms with Gasteiger partial charge in [0.25, 0.3) is 0 Å². The zero-order valence-corrected chi connectivity index (χ0v) is 19.3. The van der Waals surface area contributed by atoms with Crippen molar-refractivity contribution in [2.45, 2.75) is 64.7 Å².